The molecule has 1 aromatic heterocycles. The molecule has 0 aliphatic carbocycles. The van der Waals surface area contributed by atoms with Crippen molar-refractivity contribution in [2.24, 2.45) is 0 Å². The van der Waals surface area contributed by atoms with E-state index in [1.54, 1.807) is 24.3 Å². The van der Waals surface area contributed by atoms with Gasteiger partial charge in [-0.05, 0) is 69.6 Å². The highest BCUT2D eigenvalue weighted by atomic mass is 32.2. The maximum Gasteiger partial charge on any atom is 0.301 e. The van der Waals surface area contributed by atoms with Crippen molar-refractivity contribution < 1.29 is 19.4 Å². The van der Waals surface area contributed by atoms with Crippen LogP contribution in [0.3, 0.4) is 0 Å². The number of hydrogen-bond acceptors (Lipinski definition) is 8. The zero-order chi connectivity index (χ0) is 35.7. The normalized spacial score (nSPS) is 15.8. The largest absolute Gasteiger partial charge is 0.507 e. The molecule has 6 aromatic rings. The number of aliphatic hydroxyl groups excluding tert-OH is 1. The summed E-state index contributed by atoms with van der Waals surface area (Å²) in [6.07, 6.45) is 0. The Morgan fingerprint density at radius 2 is 1.61 bits per heavy atom. The highest BCUT2D eigenvalue weighted by molar-refractivity contribution is 8.00. The van der Waals surface area contributed by atoms with E-state index in [1.807, 2.05) is 67.6 Å². The van der Waals surface area contributed by atoms with Gasteiger partial charge in [-0.25, -0.2) is 0 Å². The van der Waals surface area contributed by atoms with Crippen LogP contribution >= 0.6 is 23.1 Å². The molecule has 0 radical (unpaired) electrons. The number of amides is 1. The van der Waals surface area contributed by atoms with Crippen LogP contribution in [0.4, 0.5) is 5.13 Å². The summed E-state index contributed by atoms with van der Waals surface area (Å²) in [6, 6.07) is 36.4. The molecule has 1 aliphatic rings. The lowest BCUT2D eigenvalue weighted by Crippen LogP contribution is -2.29. The first-order valence-corrected chi connectivity index (χ1v) is 18.5. The molecule has 0 bridgehead atoms. The molecule has 7 nitrogen and oxygen atoms in total. The lowest BCUT2D eigenvalue weighted by molar-refractivity contribution is -0.132. The third kappa shape index (κ3) is 7.18. The number of carbonyl (C=O) groups excluding carboxylic acids is 2. The van der Waals surface area contributed by atoms with E-state index in [9.17, 15) is 14.7 Å². The molecule has 1 fully saturated rings. The topological polar surface area (TPSA) is 92.6 Å². The monoisotopic (exact) mass is 711 g/mol. The Labute approximate surface area is 305 Å². The molecule has 51 heavy (non-hydrogen) atoms. The van der Waals surface area contributed by atoms with Crippen molar-refractivity contribution in [3.05, 3.63) is 154 Å². The Bertz CT molecular complexity index is 2270. The zero-order valence-corrected chi connectivity index (χ0v) is 30.4. The average molecular weight is 712 g/mol. The fourth-order valence-corrected chi connectivity index (χ4v) is 8.13. The fraction of sp³-hybridized carbons (Fsp3) is 0.190. The number of benzene rings is 5. The van der Waals surface area contributed by atoms with Gasteiger partial charge in [0.1, 0.15) is 18.1 Å². The van der Waals surface area contributed by atoms with E-state index in [4.69, 9.17) is 4.74 Å². The molecule has 5 aromatic carbocycles. The molecule has 1 N–H and O–H groups in total. The summed E-state index contributed by atoms with van der Waals surface area (Å²) < 4.78 is 6.65. The SMILES string of the molecule is Cc1cccc(COc2ccc(C(O)=C3C(=O)C(=O)N(c4nnc(SCc5cccc6ccccc56)s4)C3c3ccc(C(C)(C)C)cc3)cc2)c1. The van der Waals surface area contributed by atoms with Crippen molar-refractivity contribution in [3.63, 3.8) is 0 Å². The van der Waals surface area contributed by atoms with Gasteiger partial charge < -0.3 is 9.84 Å². The number of aromatic nitrogens is 2. The van der Waals surface area contributed by atoms with Crippen LogP contribution in [-0.2, 0) is 27.4 Å². The molecule has 1 unspecified atom stereocenters. The van der Waals surface area contributed by atoms with Crippen LogP contribution in [0.5, 0.6) is 5.75 Å². The molecule has 0 spiro atoms. The van der Waals surface area contributed by atoms with Crippen molar-refractivity contribution in [3.8, 4) is 5.75 Å². The lowest BCUT2D eigenvalue weighted by Gasteiger charge is -2.24. The zero-order valence-electron chi connectivity index (χ0n) is 28.8. The molecule has 1 atom stereocenters. The molecule has 9 heteroatoms. The van der Waals surface area contributed by atoms with Crippen LogP contribution < -0.4 is 9.64 Å². The van der Waals surface area contributed by atoms with E-state index in [2.05, 4.69) is 61.3 Å². The van der Waals surface area contributed by atoms with Gasteiger partial charge in [-0.1, -0.05) is 140 Å². The molecular formula is C42H37N3O4S2. The van der Waals surface area contributed by atoms with E-state index < -0.39 is 17.7 Å². The Balaban J connectivity index is 1.20. The average Bonchev–Trinajstić information content (AvgIpc) is 3.70. The van der Waals surface area contributed by atoms with Crippen LogP contribution in [0.1, 0.15) is 60.2 Å². The minimum Gasteiger partial charge on any atom is -0.507 e. The standard InChI is InChI=1S/C42H37N3O4S2/c1-26-9-7-10-27(23-26)24-49-33-21-17-30(18-22-33)37(46)35-36(29-15-19-32(20-16-29)42(2,3)4)45(39(48)38(35)47)40-43-44-41(51-40)50-25-31-13-8-12-28-11-5-6-14-34(28)31/h5-23,36,46H,24-25H2,1-4H3. The number of fused-ring (bicyclic) bond motifs is 1. The smallest absolute Gasteiger partial charge is 0.301 e. The third-order valence-corrected chi connectivity index (χ3v) is 11.1. The minimum absolute atomic E-state index is 0.00269. The van der Waals surface area contributed by atoms with Gasteiger partial charge in [-0.3, -0.25) is 14.5 Å². The molecule has 7 rings (SSSR count). The van der Waals surface area contributed by atoms with Gasteiger partial charge in [-0.15, -0.1) is 10.2 Å². The van der Waals surface area contributed by atoms with Gasteiger partial charge in [0, 0.05) is 11.3 Å². The number of thioether (sulfide) groups is 1. The minimum atomic E-state index is -0.903. The van der Waals surface area contributed by atoms with Crippen LogP contribution in [0, 0.1) is 6.92 Å². The molecule has 0 saturated carbocycles. The quantitative estimate of drug-likeness (QED) is 0.0525. The van der Waals surface area contributed by atoms with E-state index in [0.29, 0.717) is 38.7 Å². The predicted octanol–water partition coefficient (Wildman–Crippen LogP) is 9.79. The van der Waals surface area contributed by atoms with Crippen molar-refractivity contribution in [2.45, 2.75) is 55.9 Å². The number of aliphatic hydroxyl groups is 1. The van der Waals surface area contributed by atoms with Crippen LogP contribution in [0.25, 0.3) is 16.5 Å². The number of hydrogen-bond donors (Lipinski definition) is 1. The first kappa shape index (κ1) is 34.2. The van der Waals surface area contributed by atoms with Gasteiger partial charge in [0.2, 0.25) is 5.13 Å². The molecule has 2 heterocycles. The summed E-state index contributed by atoms with van der Waals surface area (Å²) in [5.41, 5.74) is 5.45. The number of anilines is 1. The van der Waals surface area contributed by atoms with Gasteiger partial charge >= 0.3 is 5.91 Å². The summed E-state index contributed by atoms with van der Waals surface area (Å²) in [5, 5.41) is 23.2. The van der Waals surface area contributed by atoms with Gasteiger partial charge in [0.05, 0.1) is 11.6 Å². The van der Waals surface area contributed by atoms with Crippen LogP contribution in [-0.4, -0.2) is 27.0 Å². The number of ether oxygens (including phenoxy) is 1. The Kier molecular flexibility index (Phi) is 9.50. The Morgan fingerprint density at radius 3 is 2.35 bits per heavy atom. The highest BCUT2D eigenvalue weighted by Gasteiger charge is 2.48. The second-order valence-corrected chi connectivity index (χ2v) is 15.8. The van der Waals surface area contributed by atoms with Crippen molar-refractivity contribution in [2.75, 3.05) is 4.90 Å². The number of rotatable bonds is 9. The van der Waals surface area contributed by atoms with Crippen LogP contribution in [0.15, 0.2) is 125 Å². The highest BCUT2D eigenvalue weighted by Crippen LogP contribution is 2.44. The Hall–Kier alpha value is -5.25. The van der Waals surface area contributed by atoms with E-state index in [1.165, 1.54) is 44.3 Å². The van der Waals surface area contributed by atoms with E-state index in [0.717, 1.165) is 16.7 Å². The summed E-state index contributed by atoms with van der Waals surface area (Å²) in [5.74, 6) is -0.526. The lowest BCUT2D eigenvalue weighted by atomic mass is 9.85. The summed E-state index contributed by atoms with van der Waals surface area (Å²) in [6.45, 7) is 8.81. The first-order chi connectivity index (χ1) is 24.6. The maximum absolute atomic E-state index is 13.8. The second-order valence-electron chi connectivity index (χ2n) is 13.6. The molecule has 1 saturated heterocycles. The number of carbonyl (C=O) groups is 2. The van der Waals surface area contributed by atoms with Gasteiger partial charge in [0.25, 0.3) is 5.78 Å². The van der Waals surface area contributed by atoms with Gasteiger partial charge in [0.15, 0.2) is 4.34 Å². The van der Waals surface area contributed by atoms with Crippen LogP contribution in [0.2, 0.25) is 0 Å². The number of ketones is 1. The van der Waals surface area contributed by atoms with E-state index in [-0.39, 0.29) is 16.7 Å². The second kappa shape index (κ2) is 14.2. The van der Waals surface area contributed by atoms with E-state index >= 15 is 0 Å². The van der Waals surface area contributed by atoms with Crippen molar-refractivity contribution in [1.82, 2.24) is 10.2 Å². The van der Waals surface area contributed by atoms with Gasteiger partial charge in [-0.2, -0.15) is 0 Å². The summed E-state index contributed by atoms with van der Waals surface area (Å²) in [4.78, 5) is 29.0. The number of Topliss-reactive ketones (excluding diaryl/α,β-unsaturated/α-hetero) is 1. The Morgan fingerprint density at radius 1 is 0.882 bits per heavy atom. The molecule has 1 aliphatic heterocycles. The predicted molar refractivity (Wildman–Crippen MR) is 205 cm³/mol. The molecule has 1 amide bonds. The van der Waals surface area contributed by atoms with Crippen molar-refractivity contribution in [1.29, 1.82) is 0 Å². The summed E-state index contributed by atoms with van der Waals surface area (Å²) >= 11 is 2.78. The number of nitrogens with zero attached hydrogens (tertiary/aromatic N) is 3. The molecular weight excluding hydrogens is 675 g/mol. The summed E-state index contributed by atoms with van der Waals surface area (Å²) in [7, 11) is 0. The molecule has 256 valence electrons. The fourth-order valence-electron chi connectivity index (χ4n) is 6.26. The van der Waals surface area contributed by atoms with Crippen molar-refractivity contribution >= 4 is 56.5 Å². The number of aryl methyl sites for hydroxylation is 1. The third-order valence-electron chi connectivity index (χ3n) is 8.99. The maximum atomic E-state index is 13.8. The first-order valence-electron chi connectivity index (χ1n) is 16.7.